The van der Waals surface area contributed by atoms with E-state index in [0.29, 0.717) is 18.0 Å². The Labute approximate surface area is 147 Å². The first-order valence-electron chi connectivity index (χ1n) is 8.17. The number of aliphatic hydroxyl groups excluding tert-OH is 1. The molecule has 0 radical (unpaired) electrons. The normalized spacial score (nSPS) is 19.9. The Hall–Kier alpha value is -2.04. The summed E-state index contributed by atoms with van der Waals surface area (Å²) in [5.41, 5.74) is 1.78. The van der Waals surface area contributed by atoms with E-state index in [9.17, 15) is 9.90 Å². The third-order valence-corrected chi connectivity index (χ3v) is 4.62. The van der Waals surface area contributed by atoms with Crippen LogP contribution in [-0.4, -0.2) is 28.2 Å². The second-order valence-electron chi connectivity index (χ2n) is 6.17. The molecular formula is C19H21ClN2O2. The van der Waals surface area contributed by atoms with Crippen LogP contribution in [-0.2, 0) is 6.54 Å². The molecule has 4 nitrogen and oxygen atoms in total. The molecule has 2 aromatic carbocycles. The molecule has 0 unspecified atom stereocenters. The number of hydrogen-bond donors (Lipinski definition) is 2. The second-order valence-corrected chi connectivity index (χ2v) is 6.61. The van der Waals surface area contributed by atoms with Crippen LogP contribution in [0.15, 0.2) is 54.6 Å². The third kappa shape index (κ3) is 4.28. The molecule has 1 saturated carbocycles. The van der Waals surface area contributed by atoms with Crippen LogP contribution in [0.5, 0.6) is 0 Å². The van der Waals surface area contributed by atoms with E-state index in [0.717, 1.165) is 24.1 Å². The Balaban J connectivity index is 1.76. The maximum absolute atomic E-state index is 12.8. The van der Waals surface area contributed by atoms with Gasteiger partial charge >= 0.3 is 6.03 Å². The van der Waals surface area contributed by atoms with E-state index in [1.165, 1.54) is 0 Å². The molecule has 2 N–H and O–H groups in total. The van der Waals surface area contributed by atoms with Gasteiger partial charge in [0, 0.05) is 23.3 Å². The minimum Gasteiger partial charge on any atom is -0.393 e. The van der Waals surface area contributed by atoms with Crippen LogP contribution in [0.2, 0.25) is 5.02 Å². The van der Waals surface area contributed by atoms with Crippen LogP contribution >= 0.6 is 11.6 Å². The van der Waals surface area contributed by atoms with Gasteiger partial charge in [-0.1, -0.05) is 41.9 Å². The highest BCUT2D eigenvalue weighted by Crippen LogP contribution is 2.26. The zero-order chi connectivity index (χ0) is 16.9. The number of benzene rings is 2. The van der Waals surface area contributed by atoms with Crippen molar-refractivity contribution in [2.75, 3.05) is 5.32 Å². The van der Waals surface area contributed by atoms with Gasteiger partial charge in [0.25, 0.3) is 0 Å². The molecule has 5 heteroatoms. The van der Waals surface area contributed by atoms with Gasteiger partial charge in [0.05, 0.1) is 6.10 Å². The highest BCUT2D eigenvalue weighted by Gasteiger charge is 2.31. The molecule has 1 fully saturated rings. The van der Waals surface area contributed by atoms with Gasteiger partial charge < -0.3 is 15.3 Å². The van der Waals surface area contributed by atoms with Gasteiger partial charge in [0.2, 0.25) is 0 Å². The van der Waals surface area contributed by atoms with E-state index < -0.39 is 0 Å². The highest BCUT2D eigenvalue weighted by molar-refractivity contribution is 6.30. The van der Waals surface area contributed by atoms with Crippen molar-refractivity contribution in [3.63, 3.8) is 0 Å². The number of carbonyl (C=O) groups is 1. The third-order valence-electron chi connectivity index (χ3n) is 4.37. The van der Waals surface area contributed by atoms with E-state index in [1.54, 1.807) is 0 Å². The molecule has 1 aliphatic rings. The molecule has 126 valence electrons. The predicted molar refractivity (Wildman–Crippen MR) is 96.1 cm³/mol. The number of amides is 2. The van der Waals surface area contributed by atoms with Crippen molar-refractivity contribution in [3.8, 4) is 0 Å². The average Bonchev–Trinajstić information content (AvgIpc) is 3.01. The lowest BCUT2D eigenvalue weighted by molar-refractivity contribution is 0.156. The molecule has 0 aliphatic heterocycles. The van der Waals surface area contributed by atoms with Crippen molar-refractivity contribution in [1.29, 1.82) is 0 Å². The second kappa shape index (κ2) is 7.69. The van der Waals surface area contributed by atoms with Gasteiger partial charge in [0.15, 0.2) is 0 Å². The van der Waals surface area contributed by atoms with Crippen LogP contribution in [0.3, 0.4) is 0 Å². The molecule has 0 heterocycles. The molecule has 24 heavy (non-hydrogen) atoms. The molecule has 0 aromatic heterocycles. The zero-order valence-corrected chi connectivity index (χ0v) is 14.1. The molecular weight excluding hydrogens is 324 g/mol. The van der Waals surface area contributed by atoms with Crippen LogP contribution in [0.25, 0.3) is 0 Å². The van der Waals surface area contributed by atoms with Crippen LogP contribution in [0.1, 0.15) is 24.8 Å². The molecule has 2 aromatic rings. The quantitative estimate of drug-likeness (QED) is 0.869. The molecule has 1 aliphatic carbocycles. The lowest BCUT2D eigenvalue weighted by atomic mass is 10.1. The largest absolute Gasteiger partial charge is 0.393 e. The molecule has 2 atom stereocenters. The smallest absolute Gasteiger partial charge is 0.322 e. The Morgan fingerprint density at radius 1 is 1.12 bits per heavy atom. The molecule has 3 rings (SSSR count). The number of halogens is 1. The average molecular weight is 345 g/mol. The van der Waals surface area contributed by atoms with Gasteiger partial charge in [-0.15, -0.1) is 0 Å². The first-order chi connectivity index (χ1) is 11.6. The number of nitrogens with zero attached hydrogens (tertiary/aromatic N) is 1. The highest BCUT2D eigenvalue weighted by atomic mass is 35.5. The van der Waals surface area contributed by atoms with E-state index >= 15 is 0 Å². The Morgan fingerprint density at radius 2 is 1.83 bits per heavy atom. The van der Waals surface area contributed by atoms with Crippen LogP contribution in [0, 0.1) is 0 Å². The van der Waals surface area contributed by atoms with E-state index in [2.05, 4.69) is 5.32 Å². The number of aliphatic hydroxyl groups is 1. The number of urea groups is 1. The van der Waals surface area contributed by atoms with Gasteiger partial charge in [-0.05, 0) is 49.1 Å². The Morgan fingerprint density at radius 3 is 2.46 bits per heavy atom. The number of carbonyl (C=O) groups excluding carboxylic acids is 1. The summed E-state index contributed by atoms with van der Waals surface area (Å²) in [6.07, 6.45) is 1.85. The molecule has 0 saturated heterocycles. The topological polar surface area (TPSA) is 52.6 Å². The van der Waals surface area contributed by atoms with Gasteiger partial charge in [-0.2, -0.15) is 0 Å². The Kier molecular flexibility index (Phi) is 5.38. The van der Waals surface area contributed by atoms with E-state index in [-0.39, 0.29) is 18.2 Å². The summed E-state index contributed by atoms with van der Waals surface area (Å²) in [4.78, 5) is 14.6. The summed E-state index contributed by atoms with van der Waals surface area (Å²) in [5.74, 6) is 0. The lowest BCUT2D eigenvalue weighted by Crippen LogP contribution is -2.41. The molecule has 0 spiro atoms. The van der Waals surface area contributed by atoms with Crippen molar-refractivity contribution >= 4 is 23.3 Å². The standard InChI is InChI=1S/C19H21ClN2O2/c20-15-8-6-14(7-9-15)13-22(17-10-11-18(23)12-17)19(24)21-16-4-2-1-3-5-16/h1-9,17-18,23H,10-13H2,(H,21,24)/t17-,18+/m1/s1. The number of nitrogens with one attached hydrogen (secondary N) is 1. The van der Waals surface area contributed by atoms with Crippen molar-refractivity contribution in [1.82, 2.24) is 4.90 Å². The molecule has 2 amide bonds. The summed E-state index contributed by atoms with van der Waals surface area (Å²) in [5, 5.41) is 13.5. The summed E-state index contributed by atoms with van der Waals surface area (Å²) in [6.45, 7) is 0.493. The summed E-state index contributed by atoms with van der Waals surface area (Å²) < 4.78 is 0. The maximum atomic E-state index is 12.8. The van der Waals surface area contributed by atoms with Gasteiger partial charge in [-0.25, -0.2) is 4.79 Å². The SMILES string of the molecule is O=C(Nc1ccccc1)N(Cc1ccc(Cl)cc1)[C@@H]1CC[C@H](O)C1. The van der Waals surface area contributed by atoms with Crippen LogP contribution in [0.4, 0.5) is 10.5 Å². The summed E-state index contributed by atoms with van der Waals surface area (Å²) >= 11 is 5.94. The monoisotopic (exact) mass is 344 g/mol. The number of para-hydroxylation sites is 1. The van der Waals surface area contributed by atoms with Gasteiger partial charge in [0.1, 0.15) is 0 Å². The van der Waals surface area contributed by atoms with E-state index in [4.69, 9.17) is 11.6 Å². The predicted octanol–water partition coefficient (Wildman–Crippen LogP) is 4.29. The fourth-order valence-electron chi connectivity index (χ4n) is 3.09. The first-order valence-corrected chi connectivity index (χ1v) is 8.55. The Bertz CT molecular complexity index is 676. The number of anilines is 1. The van der Waals surface area contributed by atoms with Crippen molar-refractivity contribution < 1.29 is 9.90 Å². The first kappa shape index (κ1) is 16.8. The van der Waals surface area contributed by atoms with Crippen molar-refractivity contribution in [2.24, 2.45) is 0 Å². The minimum absolute atomic E-state index is 0.0411. The summed E-state index contributed by atoms with van der Waals surface area (Å²) in [7, 11) is 0. The maximum Gasteiger partial charge on any atom is 0.322 e. The fourth-order valence-corrected chi connectivity index (χ4v) is 3.21. The summed E-state index contributed by atoms with van der Waals surface area (Å²) in [6, 6.07) is 16.8. The van der Waals surface area contributed by atoms with E-state index in [1.807, 2.05) is 59.5 Å². The zero-order valence-electron chi connectivity index (χ0n) is 13.4. The van der Waals surface area contributed by atoms with Crippen molar-refractivity contribution in [2.45, 2.75) is 38.0 Å². The van der Waals surface area contributed by atoms with Gasteiger partial charge in [-0.3, -0.25) is 0 Å². The molecule has 0 bridgehead atoms. The fraction of sp³-hybridized carbons (Fsp3) is 0.316. The number of rotatable bonds is 4. The minimum atomic E-state index is -0.327. The van der Waals surface area contributed by atoms with Crippen molar-refractivity contribution in [3.05, 3.63) is 65.2 Å². The van der Waals surface area contributed by atoms with Crippen LogP contribution < -0.4 is 5.32 Å². The number of hydrogen-bond acceptors (Lipinski definition) is 2. The lowest BCUT2D eigenvalue weighted by Gasteiger charge is -2.29.